The van der Waals surface area contributed by atoms with Crippen LogP contribution in [0.15, 0.2) is 0 Å². The Morgan fingerprint density at radius 1 is 1.06 bits per heavy atom. The molecular weight excluding hydrogens is 212 g/mol. The van der Waals surface area contributed by atoms with Crippen LogP contribution in [0.4, 0.5) is 0 Å². The van der Waals surface area contributed by atoms with E-state index in [1.165, 1.54) is 50.2 Å². The molecule has 0 spiro atoms. The summed E-state index contributed by atoms with van der Waals surface area (Å²) >= 11 is 0. The van der Waals surface area contributed by atoms with Crippen molar-refractivity contribution in [2.75, 3.05) is 0 Å². The van der Waals surface area contributed by atoms with Gasteiger partial charge < -0.3 is 10.3 Å². The maximum absolute atomic E-state index is 6.08. The summed E-state index contributed by atoms with van der Waals surface area (Å²) in [6.45, 7) is 1.11. The Labute approximate surface area is 103 Å². The maximum Gasteiger partial charge on any atom is 0.136 e. The first-order chi connectivity index (χ1) is 8.34. The zero-order valence-corrected chi connectivity index (χ0v) is 10.4. The summed E-state index contributed by atoms with van der Waals surface area (Å²) in [5.41, 5.74) is 6.08. The second kappa shape index (κ2) is 4.77. The smallest absolute Gasteiger partial charge is 0.136 e. The van der Waals surface area contributed by atoms with Gasteiger partial charge in [-0.25, -0.2) is 0 Å². The van der Waals surface area contributed by atoms with Crippen molar-refractivity contribution in [3.63, 3.8) is 0 Å². The van der Waals surface area contributed by atoms with Gasteiger partial charge in [-0.15, -0.1) is 10.2 Å². The third-order valence-electron chi connectivity index (χ3n) is 4.22. The molecule has 0 bridgehead atoms. The Morgan fingerprint density at radius 2 is 2.00 bits per heavy atom. The van der Waals surface area contributed by atoms with Crippen LogP contribution in [0.5, 0.6) is 0 Å². The minimum Gasteiger partial charge on any atom is -0.328 e. The Bertz CT molecular complexity index is 385. The Hall–Kier alpha value is -0.900. The van der Waals surface area contributed by atoms with Crippen molar-refractivity contribution >= 4 is 0 Å². The van der Waals surface area contributed by atoms with Gasteiger partial charge in [0, 0.05) is 24.9 Å². The standard InChI is InChI=1S/C13H22N4/c14-11-6-4-5-10(9-11)13-16-15-12-7-2-1-3-8-17(12)13/h10-11H,1-9,14H2. The summed E-state index contributed by atoms with van der Waals surface area (Å²) in [6.07, 6.45) is 9.73. The van der Waals surface area contributed by atoms with Crippen molar-refractivity contribution in [2.45, 2.75) is 69.9 Å². The summed E-state index contributed by atoms with van der Waals surface area (Å²) in [4.78, 5) is 0. The predicted octanol–water partition coefficient (Wildman–Crippen LogP) is 1.99. The molecule has 0 saturated heterocycles. The van der Waals surface area contributed by atoms with Crippen molar-refractivity contribution in [1.29, 1.82) is 0 Å². The fourth-order valence-electron chi connectivity index (χ4n) is 3.27. The first-order valence-electron chi connectivity index (χ1n) is 7.02. The van der Waals surface area contributed by atoms with E-state index in [-0.39, 0.29) is 0 Å². The SMILES string of the molecule is NC1CCCC(c2nnc3n2CCCCC3)C1. The van der Waals surface area contributed by atoms with E-state index < -0.39 is 0 Å². The van der Waals surface area contributed by atoms with Gasteiger partial charge in [-0.1, -0.05) is 12.8 Å². The molecule has 1 aromatic rings. The van der Waals surface area contributed by atoms with Gasteiger partial charge in [0.2, 0.25) is 0 Å². The van der Waals surface area contributed by atoms with E-state index in [0.717, 1.165) is 19.4 Å². The van der Waals surface area contributed by atoms with Crippen LogP contribution in [0.3, 0.4) is 0 Å². The molecule has 1 aromatic heterocycles. The lowest BCUT2D eigenvalue weighted by atomic mass is 9.85. The number of aromatic nitrogens is 3. The highest BCUT2D eigenvalue weighted by molar-refractivity contribution is 5.05. The van der Waals surface area contributed by atoms with Gasteiger partial charge in [0.25, 0.3) is 0 Å². The van der Waals surface area contributed by atoms with E-state index in [9.17, 15) is 0 Å². The van der Waals surface area contributed by atoms with Gasteiger partial charge in [-0.2, -0.15) is 0 Å². The van der Waals surface area contributed by atoms with Crippen LogP contribution in [0.25, 0.3) is 0 Å². The Balaban J connectivity index is 1.84. The molecule has 17 heavy (non-hydrogen) atoms. The predicted molar refractivity (Wildman–Crippen MR) is 66.8 cm³/mol. The molecule has 1 saturated carbocycles. The number of aryl methyl sites for hydroxylation is 1. The van der Waals surface area contributed by atoms with Crippen LogP contribution in [0.2, 0.25) is 0 Å². The zero-order valence-electron chi connectivity index (χ0n) is 10.4. The molecule has 2 N–H and O–H groups in total. The fraction of sp³-hybridized carbons (Fsp3) is 0.846. The van der Waals surface area contributed by atoms with Crippen molar-refractivity contribution in [3.05, 3.63) is 11.6 Å². The minimum absolute atomic E-state index is 0.368. The Morgan fingerprint density at radius 3 is 2.88 bits per heavy atom. The van der Waals surface area contributed by atoms with E-state index in [0.29, 0.717) is 12.0 Å². The van der Waals surface area contributed by atoms with Crippen LogP contribution >= 0.6 is 0 Å². The summed E-state index contributed by atoms with van der Waals surface area (Å²) < 4.78 is 2.38. The largest absolute Gasteiger partial charge is 0.328 e. The molecule has 0 radical (unpaired) electrons. The molecular formula is C13H22N4. The average Bonchev–Trinajstić information content (AvgIpc) is 2.59. The molecule has 2 atom stereocenters. The highest BCUT2D eigenvalue weighted by atomic mass is 15.3. The van der Waals surface area contributed by atoms with Gasteiger partial charge in [-0.05, 0) is 32.1 Å². The van der Waals surface area contributed by atoms with E-state index in [1.54, 1.807) is 0 Å². The third kappa shape index (κ3) is 2.23. The zero-order chi connectivity index (χ0) is 11.7. The maximum atomic E-state index is 6.08. The van der Waals surface area contributed by atoms with Crippen molar-refractivity contribution in [2.24, 2.45) is 5.73 Å². The monoisotopic (exact) mass is 234 g/mol. The van der Waals surface area contributed by atoms with Gasteiger partial charge in [0.1, 0.15) is 11.6 Å². The van der Waals surface area contributed by atoms with Gasteiger partial charge in [0.05, 0.1) is 0 Å². The van der Waals surface area contributed by atoms with E-state index in [2.05, 4.69) is 14.8 Å². The highest BCUT2D eigenvalue weighted by Crippen LogP contribution is 2.32. The van der Waals surface area contributed by atoms with E-state index in [1.807, 2.05) is 0 Å². The van der Waals surface area contributed by atoms with E-state index in [4.69, 9.17) is 5.73 Å². The number of fused-ring (bicyclic) bond motifs is 1. The normalized spacial score (nSPS) is 29.7. The number of hydrogen-bond acceptors (Lipinski definition) is 3. The number of nitrogens with zero attached hydrogens (tertiary/aromatic N) is 3. The quantitative estimate of drug-likeness (QED) is 0.808. The third-order valence-corrected chi connectivity index (χ3v) is 4.22. The van der Waals surface area contributed by atoms with Gasteiger partial charge in [0.15, 0.2) is 0 Å². The van der Waals surface area contributed by atoms with Crippen LogP contribution in [0, 0.1) is 0 Å². The lowest BCUT2D eigenvalue weighted by Crippen LogP contribution is -2.28. The highest BCUT2D eigenvalue weighted by Gasteiger charge is 2.26. The summed E-state index contributed by atoms with van der Waals surface area (Å²) in [7, 11) is 0. The number of rotatable bonds is 1. The van der Waals surface area contributed by atoms with Crippen LogP contribution in [-0.4, -0.2) is 20.8 Å². The molecule has 3 rings (SSSR count). The fourth-order valence-corrected chi connectivity index (χ4v) is 3.27. The Kier molecular flexibility index (Phi) is 3.14. The topological polar surface area (TPSA) is 56.7 Å². The summed E-state index contributed by atoms with van der Waals surface area (Å²) in [6, 6.07) is 0.368. The lowest BCUT2D eigenvalue weighted by molar-refractivity contribution is 0.371. The lowest BCUT2D eigenvalue weighted by Gasteiger charge is -2.26. The van der Waals surface area contributed by atoms with Crippen LogP contribution in [0.1, 0.15) is 62.5 Å². The molecule has 0 aromatic carbocycles. The molecule has 4 nitrogen and oxygen atoms in total. The van der Waals surface area contributed by atoms with Crippen LogP contribution in [-0.2, 0) is 13.0 Å². The summed E-state index contributed by atoms with van der Waals surface area (Å²) in [5.74, 6) is 2.98. The average molecular weight is 234 g/mol. The van der Waals surface area contributed by atoms with Gasteiger partial charge >= 0.3 is 0 Å². The molecule has 2 heterocycles. The van der Waals surface area contributed by atoms with Gasteiger partial charge in [-0.3, -0.25) is 0 Å². The first kappa shape index (κ1) is 11.2. The van der Waals surface area contributed by atoms with Crippen molar-refractivity contribution in [1.82, 2.24) is 14.8 Å². The van der Waals surface area contributed by atoms with Crippen LogP contribution < -0.4 is 5.73 Å². The molecule has 2 aliphatic rings. The minimum atomic E-state index is 0.368. The number of hydrogen-bond donors (Lipinski definition) is 1. The molecule has 2 unspecified atom stereocenters. The molecule has 1 fully saturated rings. The molecule has 1 aliphatic carbocycles. The summed E-state index contributed by atoms with van der Waals surface area (Å²) in [5, 5.41) is 8.84. The molecule has 0 amide bonds. The number of nitrogens with two attached hydrogens (primary N) is 1. The molecule has 1 aliphatic heterocycles. The van der Waals surface area contributed by atoms with Crippen molar-refractivity contribution in [3.8, 4) is 0 Å². The first-order valence-corrected chi connectivity index (χ1v) is 7.02. The second-order valence-corrected chi connectivity index (χ2v) is 5.56. The second-order valence-electron chi connectivity index (χ2n) is 5.56. The molecule has 94 valence electrons. The molecule has 4 heteroatoms. The van der Waals surface area contributed by atoms with E-state index >= 15 is 0 Å². The van der Waals surface area contributed by atoms with Crippen molar-refractivity contribution < 1.29 is 0 Å².